The van der Waals surface area contributed by atoms with Crippen LogP contribution in [0.2, 0.25) is 0 Å². The number of aromatic amines is 1. The molecule has 0 saturated carbocycles. The first-order valence-electron chi connectivity index (χ1n) is 8.62. The fraction of sp³-hybridized carbons (Fsp3) is 0.200. The first-order chi connectivity index (χ1) is 13.1. The number of rotatable bonds is 5. The van der Waals surface area contributed by atoms with E-state index in [0.717, 1.165) is 22.7 Å². The van der Waals surface area contributed by atoms with Gasteiger partial charge < -0.3 is 20.4 Å². The first kappa shape index (κ1) is 17.1. The van der Waals surface area contributed by atoms with E-state index in [9.17, 15) is 9.18 Å². The van der Waals surface area contributed by atoms with Crippen LogP contribution in [0.5, 0.6) is 5.75 Å². The Balaban J connectivity index is 1.50. The van der Waals surface area contributed by atoms with E-state index in [4.69, 9.17) is 4.74 Å². The average molecular weight is 366 g/mol. The maximum absolute atomic E-state index is 13.5. The predicted octanol–water partition coefficient (Wildman–Crippen LogP) is 2.65. The minimum Gasteiger partial charge on any atom is -0.496 e. The Morgan fingerprint density at radius 2 is 2.30 bits per heavy atom. The summed E-state index contributed by atoms with van der Waals surface area (Å²) in [5, 5.41) is 6.25. The van der Waals surface area contributed by atoms with Crippen LogP contribution in [0, 0.1) is 11.7 Å². The van der Waals surface area contributed by atoms with Gasteiger partial charge in [0.05, 0.1) is 25.3 Å². The van der Waals surface area contributed by atoms with Crippen molar-refractivity contribution in [2.45, 2.75) is 13.0 Å². The standard InChI is InChI=1S/C20H19FN4O2/c1-27-19-5-2-13(21)6-12(19)9-23-14-3-4-18-16(7-14)17(20(26)25-18)8-15-10-22-11-24-15/h2-6,8,10-11,16,23H,7,9H2,1H3,(H,22,24)(H,25,26)/b17-8-. The van der Waals surface area contributed by atoms with Gasteiger partial charge in [0.2, 0.25) is 0 Å². The molecule has 1 aliphatic heterocycles. The summed E-state index contributed by atoms with van der Waals surface area (Å²) in [4.78, 5) is 19.3. The molecule has 0 bridgehead atoms. The zero-order valence-electron chi connectivity index (χ0n) is 14.8. The lowest BCUT2D eigenvalue weighted by Crippen LogP contribution is -2.20. The van der Waals surface area contributed by atoms with E-state index in [-0.39, 0.29) is 17.6 Å². The van der Waals surface area contributed by atoms with Crippen molar-refractivity contribution in [2.24, 2.45) is 5.92 Å². The van der Waals surface area contributed by atoms with Crippen molar-refractivity contribution in [1.29, 1.82) is 0 Å². The molecule has 1 saturated heterocycles. The second-order valence-corrected chi connectivity index (χ2v) is 6.44. The number of hydrogen-bond acceptors (Lipinski definition) is 4. The molecule has 3 N–H and O–H groups in total. The molecule has 7 heteroatoms. The van der Waals surface area contributed by atoms with Crippen LogP contribution in [-0.2, 0) is 11.3 Å². The SMILES string of the molecule is COc1ccc(F)cc1CNC1=CC=C2NC(=O)/C(=C\c3cnc[nH]3)C2C1. The molecule has 1 unspecified atom stereocenters. The molecular weight excluding hydrogens is 347 g/mol. The molecule has 2 heterocycles. The lowest BCUT2D eigenvalue weighted by Gasteiger charge is -2.20. The van der Waals surface area contributed by atoms with Crippen LogP contribution >= 0.6 is 0 Å². The summed E-state index contributed by atoms with van der Waals surface area (Å²) in [5.74, 6) is 0.196. The molecule has 1 aliphatic carbocycles. The number of halogens is 1. The number of aromatic nitrogens is 2. The smallest absolute Gasteiger partial charge is 0.252 e. The second kappa shape index (κ2) is 7.11. The van der Waals surface area contributed by atoms with Gasteiger partial charge in [-0.25, -0.2) is 9.37 Å². The zero-order chi connectivity index (χ0) is 18.8. The Morgan fingerprint density at radius 1 is 1.41 bits per heavy atom. The van der Waals surface area contributed by atoms with Crippen molar-refractivity contribution in [3.8, 4) is 5.75 Å². The monoisotopic (exact) mass is 366 g/mol. The number of benzene rings is 1. The van der Waals surface area contributed by atoms with Gasteiger partial charge in [0.25, 0.3) is 5.91 Å². The van der Waals surface area contributed by atoms with E-state index < -0.39 is 0 Å². The molecular formula is C20H19FN4O2. The minimum atomic E-state index is -0.303. The van der Waals surface area contributed by atoms with Crippen LogP contribution in [0.3, 0.4) is 0 Å². The molecule has 1 aromatic heterocycles. The number of ether oxygens (including phenoxy) is 1. The third-order valence-corrected chi connectivity index (χ3v) is 4.74. The number of H-pyrrole nitrogens is 1. The van der Waals surface area contributed by atoms with Crippen LogP contribution in [0.25, 0.3) is 6.08 Å². The second-order valence-electron chi connectivity index (χ2n) is 6.44. The van der Waals surface area contributed by atoms with Gasteiger partial charge in [0, 0.05) is 35.0 Å². The molecule has 1 aromatic carbocycles. The summed E-state index contributed by atoms with van der Waals surface area (Å²) in [5.41, 5.74) is 4.08. The van der Waals surface area contributed by atoms with E-state index in [2.05, 4.69) is 20.6 Å². The number of imidazole rings is 1. The van der Waals surface area contributed by atoms with Crippen molar-refractivity contribution in [1.82, 2.24) is 20.6 Å². The normalized spacial score (nSPS) is 20.0. The van der Waals surface area contributed by atoms with Crippen molar-refractivity contribution in [3.05, 3.63) is 76.9 Å². The van der Waals surface area contributed by atoms with Gasteiger partial charge in [0.1, 0.15) is 11.6 Å². The highest BCUT2D eigenvalue weighted by atomic mass is 19.1. The number of allylic oxidation sites excluding steroid dienone is 4. The van der Waals surface area contributed by atoms with E-state index in [1.807, 2.05) is 18.2 Å². The fourth-order valence-corrected chi connectivity index (χ4v) is 3.38. The minimum absolute atomic E-state index is 0.0392. The Kier molecular flexibility index (Phi) is 4.50. The highest BCUT2D eigenvalue weighted by Crippen LogP contribution is 2.35. The molecule has 0 radical (unpaired) electrons. The number of carbonyl (C=O) groups excluding carboxylic acids is 1. The van der Waals surface area contributed by atoms with Crippen molar-refractivity contribution >= 4 is 12.0 Å². The van der Waals surface area contributed by atoms with Crippen molar-refractivity contribution < 1.29 is 13.9 Å². The summed E-state index contributed by atoms with van der Waals surface area (Å²) >= 11 is 0. The maximum Gasteiger partial charge on any atom is 0.252 e. The molecule has 138 valence electrons. The number of amides is 1. The third-order valence-electron chi connectivity index (χ3n) is 4.74. The summed E-state index contributed by atoms with van der Waals surface area (Å²) in [6, 6.07) is 4.45. The Morgan fingerprint density at radius 3 is 3.07 bits per heavy atom. The lowest BCUT2D eigenvalue weighted by atomic mass is 9.90. The molecule has 1 fully saturated rings. The lowest BCUT2D eigenvalue weighted by molar-refractivity contribution is -0.115. The van der Waals surface area contributed by atoms with Crippen LogP contribution in [0.4, 0.5) is 4.39 Å². The van der Waals surface area contributed by atoms with Gasteiger partial charge in [-0.1, -0.05) is 0 Å². The molecule has 2 aromatic rings. The number of nitrogens with zero attached hydrogens (tertiary/aromatic N) is 1. The van der Waals surface area contributed by atoms with E-state index in [1.54, 1.807) is 25.7 Å². The molecule has 1 amide bonds. The van der Waals surface area contributed by atoms with Crippen LogP contribution in [-0.4, -0.2) is 23.0 Å². The average Bonchev–Trinajstić information content (AvgIpc) is 3.29. The van der Waals surface area contributed by atoms with Gasteiger partial charge in [0.15, 0.2) is 0 Å². The highest BCUT2D eigenvalue weighted by Gasteiger charge is 2.34. The van der Waals surface area contributed by atoms with Gasteiger partial charge >= 0.3 is 0 Å². The van der Waals surface area contributed by atoms with Gasteiger partial charge in [-0.2, -0.15) is 0 Å². The largest absolute Gasteiger partial charge is 0.496 e. The number of carbonyl (C=O) groups is 1. The molecule has 2 aliphatic rings. The number of methoxy groups -OCH3 is 1. The summed E-state index contributed by atoms with van der Waals surface area (Å²) in [6.45, 7) is 0.434. The topological polar surface area (TPSA) is 79.0 Å². The summed E-state index contributed by atoms with van der Waals surface area (Å²) < 4.78 is 18.8. The Hall–Kier alpha value is -3.35. The van der Waals surface area contributed by atoms with Gasteiger partial charge in [-0.05, 0) is 42.8 Å². The highest BCUT2D eigenvalue weighted by molar-refractivity contribution is 6.03. The third kappa shape index (κ3) is 3.48. The number of hydrogen-bond donors (Lipinski definition) is 3. The Labute approximate surface area is 155 Å². The summed E-state index contributed by atoms with van der Waals surface area (Å²) in [6.07, 6.45) is 9.59. The number of nitrogens with one attached hydrogen (secondary N) is 3. The maximum atomic E-state index is 13.5. The predicted molar refractivity (Wildman–Crippen MR) is 98.8 cm³/mol. The summed E-state index contributed by atoms with van der Waals surface area (Å²) in [7, 11) is 1.56. The van der Waals surface area contributed by atoms with E-state index in [0.29, 0.717) is 24.3 Å². The van der Waals surface area contributed by atoms with Gasteiger partial charge in [-0.15, -0.1) is 0 Å². The van der Waals surface area contributed by atoms with Crippen molar-refractivity contribution in [3.63, 3.8) is 0 Å². The fourth-order valence-electron chi connectivity index (χ4n) is 3.38. The van der Waals surface area contributed by atoms with Gasteiger partial charge in [-0.3, -0.25) is 4.79 Å². The van der Waals surface area contributed by atoms with Crippen molar-refractivity contribution in [2.75, 3.05) is 7.11 Å². The molecule has 1 atom stereocenters. The van der Waals surface area contributed by atoms with E-state index >= 15 is 0 Å². The number of fused-ring (bicyclic) bond motifs is 1. The quantitative estimate of drug-likeness (QED) is 0.711. The van der Waals surface area contributed by atoms with E-state index in [1.165, 1.54) is 12.1 Å². The van der Waals surface area contributed by atoms with Crippen LogP contribution in [0.15, 0.2) is 59.8 Å². The molecule has 0 spiro atoms. The zero-order valence-corrected chi connectivity index (χ0v) is 14.8. The Bertz CT molecular complexity index is 960. The first-order valence-corrected chi connectivity index (χ1v) is 8.62. The molecule has 6 nitrogen and oxygen atoms in total. The molecule has 4 rings (SSSR count). The molecule has 27 heavy (non-hydrogen) atoms. The van der Waals surface area contributed by atoms with Crippen LogP contribution < -0.4 is 15.4 Å². The van der Waals surface area contributed by atoms with Crippen LogP contribution in [0.1, 0.15) is 17.7 Å².